The Morgan fingerprint density at radius 2 is 1.72 bits per heavy atom. The molecule has 7 nitrogen and oxygen atoms in total. The highest BCUT2D eigenvalue weighted by Crippen LogP contribution is 2.29. The maximum absolute atomic E-state index is 12.9. The van der Waals surface area contributed by atoms with Crippen molar-refractivity contribution in [1.29, 1.82) is 0 Å². The van der Waals surface area contributed by atoms with Crippen molar-refractivity contribution in [2.75, 3.05) is 57.0 Å². The van der Waals surface area contributed by atoms with Gasteiger partial charge in [-0.3, -0.25) is 4.79 Å². The fraction of sp³-hybridized carbons (Fsp3) is 0.667. The average Bonchev–Trinajstić information content (AvgIpc) is 2.61. The fourth-order valence-corrected chi connectivity index (χ4v) is 5.85. The van der Waals surface area contributed by atoms with Crippen molar-refractivity contribution in [3.8, 4) is 0 Å². The number of sulfonamides is 1. The van der Waals surface area contributed by atoms with E-state index in [-0.39, 0.29) is 10.8 Å². The highest BCUT2D eigenvalue weighted by Gasteiger charge is 2.28. The van der Waals surface area contributed by atoms with Crippen LogP contribution < -0.4 is 15.1 Å². The first-order chi connectivity index (χ1) is 13.6. The summed E-state index contributed by atoms with van der Waals surface area (Å²) in [7, 11) is 0.170. The van der Waals surface area contributed by atoms with Crippen LogP contribution in [0, 0.1) is 11.8 Å². The zero-order valence-corrected chi connectivity index (χ0v) is 19.5. The van der Waals surface area contributed by atoms with Crippen LogP contribution in [-0.4, -0.2) is 65.4 Å². The number of hydrogen-bond acceptors (Lipinski definition) is 4. The molecule has 2 atom stereocenters. The Bertz CT molecular complexity index is 796. The van der Waals surface area contributed by atoms with Gasteiger partial charge in [-0.15, -0.1) is 0 Å². The summed E-state index contributed by atoms with van der Waals surface area (Å²) >= 11 is 0. The molecule has 0 unspecified atom stereocenters. The van der Waals surface area contributed by atoms with Gasteiger partial charge in [-0.05, 0) is 24.6 Å². The largest absolute Gasteiger partial charge is 0.376 e. The van der Waals surface area contributed by atoms with Crippen LogP contribution in [0.2, 0.25) is 0 Å². The lowest BCUT2D eigenvalue weighted by Crippen LogP contribution is -3.15. The van der Waals surface area contributed by atoms with Crippen molar-refractivity contribution in [3.05, 3.63) is 18.2 Å². The molecule has 1 aromatic rings. The number of likely N-dealkylation sites (tertiary alicyclic amines) is 1. The number of amides is 1. The molecule has 0 bridgehead atoms. The lowest BCUT2D eigenvalue weighted by molar-refractivity contribution is -0.904. The molecular weight excluding hydrogens is 388 g/mol. The molecule has 1 aliphatic rings. The third-order valence-electron chi connectivity index (χ3n) is 5.56. The molecule has 29 heavy (non-hydrogen) atoms. The van der Waals surface area contributed by atoms with E-state index in [0.29, 0.717) is 37.2 Å². The number of benzene rings is 1. The lowest BCUT2D eigenvalue weighted by atomic mass is 9.92. The van der Waals surface area contributed by atoms with Crippen molar-refractivity contribution < 1.29 is 18.1 Å². The average molecular weight is 426 g/mol. The van der Waals surface area contributed by atoms with Gasteiger partial charge in [-0.1, -0.05) is 27.7 Å². The standard InChI is InChI=1S/C21H36N4O3S/c1-7-25(8-2)29(27,28)18-9-10-20(23(5)6)19(12-18)22-21(26)15-24-13-16(3)11-17(4)14-24/h9-10,12,16-17H,7-8,11,13-15H2,1-6H3,(H,22,26)/p+1/t16-,17-/m1/s1. The molecule has 1 heterocycles. The smallest absolute Gasteiger partial charge is 0.279 e. The second-order valence-corrected chi connectivity index (χ2v) is 10.4. The van der Waals surface area contributed by atoms with Gasteiger partial charge in [0.25, 0.3) is 5.91 Å². The number of anilines is 2. The minimum atomic E-state index is -3.59. The van der Waals surface area contributed by atoms with Gasteiger partial charge in [-0.2, -0.15) is 4.31 Å². The van der Waals surface area contributed by atoms with Gasteiger partial charge in [0, 0.05) is 39.0 Å². The van der Waals surface area contributed by atoms with Gasteiger partial charge in [0.15, 0.2) is 6.54 Å². The number of nitrogens with zero attached hydrogens (tertiary/aromatic N) is 2. The van der Waals surface area contributed by atoms with Gasteiger partial charge in [0.05, 0.1) is 29.4 Å². The van der Waals surface area contributed by atoms with Crippen LogP contribution in [0.1, 0.15) is 34.1 Å². The van der Waals surface area contributed by atoms with E-state index in [2.05, 4.69) is 19.2 Å². The zero-order chi connectivity index (χ0) is 21.8. The normalized spacial score (nSPS) is 22.5. The number of carbonyl (C=O) groups excluding carboxylic acids is 1. The molecule has 8 heteroatoms. The Balaban J connectivity index is 2.24. The first-order valence-electron chi connectivity index (χ1n) is 10.5. The van der Waals surface area contributed by atoms with E-state index in [1.54, 1.807) is 18.2 Å². The van der Waals surface area contributed by atoms with Crippen LogP contribution in [-0.2, 0) is 14.8 Å². The number of quaternary nitrogens is 1. The predicted molar refractivity (Wildman–Crippen MR) is 118 cm³/mol. The lowest BCUT2D eigenvalue weighted by Gasteiger charge is -2.31. The van der Waals surface area contributed by atoms with Crippen LogP contribution in [0.25, 0.3) is 0 Å². The molecule has 2 N–H and O–H groups in total. The third-order valence-corrected chi connectivity index (χ3v) is 7.60. The quantitative estimate of drug-likeness (QED) is 0.658. The van der Waals surface area contributed by atoms with Gasteiger partial charge in [0.1, 0.15) is 0 Å². The van der Waals surface area contributed by atoms with Gasteiger partial charge in [-0.25, -0.2) is 8.42 Å². The summed E-state index contributed by atoms with van der Waals surface area (Å²) < 4.78 is 27.2. The minimum absolute atomic E-state index is 0.0817. The Kier molecular flexibility index (Phi) is 8.08. The summed E-state index contributed by atoms with van der Waals surface area (Å²) in [5, 5.41) is 2.97. The fourth-order valence-electron chi connectivity index (χ4n) is 4.37. The molecule has 1 aliphatic heterocycles. The molecule has 0 radical (unpaired) electrons. The Hall–Kier alpha value is -1.64. The van der Waals surface area contributed by atoms with Crippen LogP contribution in [0.4, 0.5) is 11.4 Å². The highest BCUT2D eigenvalue weighted by molar-refractivity contribution is 7.89. The number of rotatable bonds is 8. The topological polar surface area (TPSA) is 74.2 Å². The molecule has 1 fully saturated rings. The van der Waals surface area contributed by atoms with Gasteiger partial charge in [0.2, 0.25) is 10.0 Å². The monoisotopic (exact) mass is 425 g/mol. The molecule has 164 valence electrons. The molecule has 0 aliphatic carbocycles. The summed E-state index contributed by atoms with van der Waals surface area (Å²) in [5.41, 5.74) is 1.32. The zero-order valence-electron chi connectivity index (χ0n) is 18.7. The van der Waals surface area contributed by atoms with Crippen molar-refractivity contribution >= 4 is 27.3 Å². The SMILES string of the molecule is CCN(CC)S(=O)(=O)c1ccc(N(C)C)c(NC(=O)C[NH+]2C[C@H](C)C[C@@H](C)C2)c1. The van der Waals surface area contributed by atoms with Crippen molar-refractivity contribution in [1.82, 2.24) is 4.31 Å². The van der Waals surface area contributed by atoms with E-state index in [0.717, 1.165) is 18.8 Å². The van der Waals surface area contributed by atoms with Crippen LogP contribution in [0.5, 0.6) is 0 Å². The summed E-state index contributed by atoms with van der Waals surface area (Å²) in [6, 6.07) is 4.94. The number of piperidine rings is 1. The van der Waals surface area contributed by atoms with E-state index in [1.165, 1.54) is 15.6 Å². The Morgan fingerprint density at radius 3 is 2.24 bits per heavy atom. The number of carbonyl (C=O) groups is 1. The summed E-state index contributed by atoms with van der Waals surface area (Å²) in [5.74, 6) is 1.14. The van der Waals surface area contributed by atoms with Crippen LogP contribution in [0.3, 0.4) is 0 Å². The first-order valence-corrected chi connectivity index (χ1v) is 12.0. The van der Waals surface area contributed by atoms with Crippen LogP contribution in [0.15, 0.2) is 23.1 Å². The predicted octanol–water partition coefficient (Wildman–Crippen LogP) is 1.28. The molecule has 0 aromatic heterocycles. The summed E-state index contributed by atoms with van der Waals surface area (Å²) in [6.45, 7) is 11.3. The summed E-state index contributed by atoms with van der Waals surface area (Å²) in [6.07, 6.45) is 1.21. The van der Waals surface area contributed by atoms with Crippen molar-refractivity contribution in [3.63, 3.8) is 0 Å². The maximum Gasteiger partial charge on any atom is 0.279 e. The molecule has 0 spiro atoms. The molecule has 1 amide bonds. The third kappa shape index (κ3) is 5.93. The molecule has 2 rings (SSSR count). The van der Waals surface area contributed by atoms with E-state index in [9.17, 15) is 13.2 Å². The Labute approximate surface area is 176 Å². The van der Waals surface area contributed by atoms with E-state index in [4.69, 9.17) is 0 Å². The molecule has 1 aromatic carbocycles. The highest BCUT2D eigenvalue weighted by atomic mass is 32.2. The van der Waals surface area contributed by atoms with Gasteiger partial charge < -0.3 is 15.1 Å². The van der Waals surface area contributed by atoms with Crippen molar-refractivity contribution in [2.24, 2.45) is 11.8 Å². The van der Waals surface area contributed by atoms with E-state index in [1.807, 2.05) is 32.8 Å². The number of hydrogen-bond donors (Lipinski definition) is 2. The first kappa shape index (κ1) is 23.6. The second kappa shape index (κ2) is 9.91. The summed E-state index contributed by atoms with van der Waals surface area (Å²) in [4.78, 5) is 16.1. The van der Waals surface area contributed by atoms with E-state index >= 15 is 0 Å². The molecule has 1 saturated heterocycles. The van der Waals surface area contributed by atoms with E-state index < -0.39 is 10.0 Å². The van der Waals surface area contributed by atoms with Crippen LogP contribution >= 0.6 is 0 Å². The van der Waals surface area contributed by atoms with Gasteiger partial charge >= 0.3 is 0 Å². The van der Waals surface area contributed by atoms with Crippen molar-refractivity contribution in [2.45, 2.75) is 39.0 Å². The minimum Gasteiger partial charge on any atom is -0.376 e. The maximum atomic E-state index is 12.9. The molecular formula is C21H37N4O3S+. The number of nitrogens with one attached hydrogen (secondary N) is 2. The molecule has 0 saturated carbocycles. The Morgan fingerprint density at radius 1 is 1.14 bits per heavy atom. The second-order valence-electron chi connectivity index (χ2n) is 8.49.